The standard InChI is InChI=1S/C62H32N10/c1-66-46-21-27-58-52(33-46)48-29-39(36-64)15-23-54(48)71(58)56-25-19-44(41-17-13-38(35-63)14-18-41)31-50(56)51-32-45(62-69-60(42-9-5-3-6-10-42)68-61(70-62)43-11-7-4-8-12-43)20-26-57(51)72-55-24-16-40(37-65)30-49(55)53-34-47(67-2)22-28-59(53)72/h3-34H. The highest BCUT2D eigenvalue weighted by atomic mass is 15.0. The maximum absolute atomic E-state index is 10.1. The van der Waals surface area contributed by atoms with Crippen LogP contribution >= 0.6 is 0 Å². The minimum Gasteiger partial charge on any atom is -0.309 e. The SMILES string of the molecule is [C-]#[N+]c1ccc2c(c1)c1cc(C#N)ccc1n2-c1ccc(-c2ccc(C#N)cc2)cc1-c1cc(-c2nc(-c3ccccc3)nc(-c3ccccc3)n2)ccc1-n1c2ccc(C#N)cc2c2cc([N+]#[C-])ccc21. The van der Waals surface area contributed by atoms with Crippen LogP contribution in [0.2, 0.25) is 0 Å². The highest BCUT2D eigenvalue weighted by molar-refractivity contribution is 6.13. The third-order valence-corrected chi connectivity index (χ3v) is 13.1. The van der Waals surface area contributed by atoms with E-state index in [1.165, 1.54) is 0 Å². The predicted octanol–water partition coefficient (Wildman–Crippen LogP) is 15.1. The first kappa shape index (κ1) is 42.4. The van der Waals surface area contributed by atoms with Gasteiger partial charge in [-0.05, 0) is 125 Å². The van der Waals surface area contributed by atoms with E-state index in [1.807, 2.05) is 164 Å². The van der Waals surface area contributed by atoms with E-state index < -0.39 is 0 Å². The molecule has 0 atom stereocenters. The molecule has 3 aromatic heterocycles. The number of rotatable bonds is 7. The summed E-state index contributed by atoms with van der Waals surface area (Å²) in [4.78, 5) is 22.9. The van der Waals surface area contributed by atoms with Crippen LogP contribution in [-0.4, -0.2) is 24.1 Å². The number of benzene rings is 9. The molecule has 330 valence electrons. The largest absolute Gasteiger partial charge is 0.309 e. The molecule has 0 aliphatic rings. The molecular weight excluding hydrogens is 885 g/mol. The Kier molecular flexibility index (Phi) is 10.2. The highest BCUT2D eigenvalue weighted by Crippen LogP contribution is 2.45. The zero-order valence-electron chi connectivity index (χ0n) is 37.9. The van der Waals surface area contributed by atoms with Crippen molar-refractivity contribution in [2.75, 3.05) is 0 Å². The van der Waals surface area contributed by atoms with Gasteiger partial charge in [-0.25, -0.2) is 24.6 Å². The smallest absolute Gasteiger partial charge is 0.188 e. The maximum Gasteiger partial charge on any atom is 0.188 e. The van der Waals surface area contributed by atoms with E-state index in [1.54, 1.807) is 0 Å². The predicted molar refractivity (Wildman–Crippen MR) is 282 cm³/mol. The Bertz CT molecular complexity index is 4240. The summed E-state index contributed by atoms with van der Waals surface area (Å²) < 4.78 is 4.37. The monoisotopic (exact) mass is 916 g/mol. The first-order chi connectivity index (χ1) is 35.4. The van der Waals surface area contributed by atoms with Crippen LogP contribution in [0.3, 0.4) is 0 Å². The topological polar surface area (TPSA) is 129 Å². The molecule has 0 aliphatic carbocycles. The molecule has 3 heterocycles. The van der Waals surface area contributed by atoms with Crippen molar-refractivity contribution in [2.45, 2.75) is 0 Å². The first-order valence-corrected chi connectivity index (χ1v) is 22.8. The van der Waals surface area contributed by atoms with Crippen LogP contribution in [0.4, 0.5) is 11.4 Å². The zero-order chi connectivity index (χ0) is 48.9. The molecule has 0 N–H and O–H groups in total. The van der Waals surface area contributed by atoms with Crippen molar-refractivity contribution < 1.29 is 0 Å². The van der Waals surface area contributed by atoms with Crippen molar-refractivity contribution in [1.82, 2.24) is 24.1 Å². The van der Waals surface area contributed by atoms with Gasteiger partial charge in [-0.2, -0.15) is 15.8 Å². The van der Waals surface area contributed by atoms with Crippen molar-refractivity contribution >= 4 is 55.0 Å². The Morgan fingerprint density at radius 3 is 1.17 bits per heavy atom. The third-order valence-electron chi connectivity index (χ3n) is 13.1. The molecule has 0 amide bonds. The zero-order valence-corrected chi connectivity index (χ0v) is 37.9. The summed E-state index contributed by atoms with van der Waals surface area (Å²) in [6.45, 7) is 15.9. The molecule has 12 aromatic rings. The third kappa shape index (κ3) is 7.13. The van der Waals surface area contributed by atoms with Crippen LogP contribution < -0.4 is 0 Å². The summed E-state index contributed by atoms with van der Waals surface area (Å²) >= 11 is 0. The number of nitriles is 3. The van der Waals surface area contributed by atoms with E-state index in [4.69, 9.17) is 28.1 Å². The van der Waals surface area contributed by atoms with Gasteiger partial charge < -0.3 is 9.13 Å². The number of aromatic nitrogens is 5. The van der Waals surface area contributed by atoms with E-state index in [9.17, 15) is 15.8 Å². The second-order valence-corrected chi connectivity index (χ2v) is 17.2. The van der Waals surface area contributed by atoms with Gasteiger partial charge in [0.2, 0.25) is 0 Å². The van der Waals surface area contributed by atoms with Crippen molar-refractivity contribution in [3.05, 3.63) is 234 Å². The lowest BCUT2D eigenvalue weighted by Gasteiger charge is -2.21. The molecule has 10 heteroatoms. The number of hydrogen-bond acceptors (Lipinski definition) is 6. The number of hydrogen-bond donors (Lipinski definition) is 0. The summed E-state index contributed by atoms with van der Waals surface area (Å²) in [5.74, 6) is 1.48. The number of nitrogens with zero attached hydrogens (tertiary/aromatic N) is 10. The van der Waals surface area contributed by atoms with E-state index in [0.29, 0.717) is 51.1 Å². The molecular formula is C62H32N10. The lowest BCUT2D eigenvalue weighted by Crippen LogP contribution is -2.04. The lowest BCUT2D eigenvalue weighted by molar-refractivity contribution is 1.07. The average Bonchev–Trinajstić information content (AvgIpc) is 3.95. The Morgan fingerprint density at radius 1 is 0.347 bits per heavy atom. The summed E-state index contributed by atoms with van der Waals surface area (Å²) in [6, 6.07) is 69.1. The summed E-state index contributed by atoms with van der Waals surface area (Å²) in [5.41, 5.74) is 13.2. The van der Waals surface area contributed by atoms with E-state index in [-0.39, 0.29) is 0 Å². The molecule has 72 heavy (non-hydrogen) atoms. The van der Waals surface area contributed by atoms with Gasteiger partial charge in [-0.15, -0.1) is 0 Å². The fourth-order valence-electron chi connectivity index (χ4n) is 9.71. The second-order valence-electron chi connectivity index (χ2n) is 17.2. The molecule has 10 nitrogen and oxygen atoms in total. The highest BCUT2D eigenvalue weighted by Gasteiger charge is 2.24. The van der Waals surface area contributed by atoms with Crippen molar-refractivity contribution in [3.63, 3.8) is 0 Å². The van der Waals surface area contributed by atoms with Gasteiger partial charge in [0.15, 0.2) is 28.8 Å². The summed E-state index contributed by atoms with van der Waals surface area (Å²) in [5, 5.41) is 33.3. The molecule has 12 rings (SSSR count). The molecule has 0 fully saturated rings. The fourth-order valence-corrected chi connectivity index (χ4v) is 9.71. The second kappa shape index (κ2) is 17.3. The van der Waals surface area contributed by atoms with Crippen LogP contribution in [0.25, 0.3) is 121 Å². The lowest BCUT2D eigenvalue weighted by atomic mass is 9.94. The molecule has 0 unspecified atom stereocenters. The molecule has 0 radical (unpaired) electrons. The minimum absolute atomic E-state index is 0.454. The van der Waals surface area contributed by atoms with Crippen molar-refractivity contribution in [2.24, 2.45) is 0 Å². The average molecular weight is 917 g/mol. The van der Waals surface area contributed by atoms with Crippen molar-refractivity contribution in [3.8, 4) is 86.0 Å². The number of fused-ring (bicyclic) bond motifs is 6. The van der Waals surface area contributed by atoms with E-state index in [0.717, 1.165) is 88.4 Å². The molecule has 0 saturated carbocycles. The first-order valence-electron chi connectivity index (χ1n) is 22.8. The Labute approximate surface area is 412 Å². The summed E-state index contributed by atoms with van der Waals surface area (Å²) in [6.07, 6.45) is 0. The van der Waals surface area contributed by atoms with Gasteiger partial charge in [-0.3, -0.25) is 0 Å². The minimum atomic E-state index is 0.454. The quantitative estimate of drug-likeness (QED) is 0.146. The molecule has 0 spiro atoms. The Morgan fingerprint density at radius 2 is 0.722 bits per heavy atom. The van der Waals surface area contributed by atoms with Gasteiger partial charge in [0.1, 0.15) is 0 Å². The van der Waals surface area contributed by atoms with Crippen molar-refractivity contribution in [1.29, 1.82) is 15.8 Å². The van der Waals surface area contributed by atoms with Crippen LogP contribution in [-0.2, 0) is 0 Å². The van der Waals surface area contributed by atoms with Crippen LogP contribution in [0.1, 0.15) is 16.7 Å². The van der Waals surface area contributed by atoms with E-state index in [2.05, 4.69) is 67.4 Å². The van der Waals surface area contributed by atoms with Crippen LogP contribution in [0.5, 0.6) is 0 Å². The summed E-state index contributed by atoms with van der Waals surface area (Å²) in [7, 11) is 0. The van der Waals surface area contributed by atoms with E-state index >= 15 is 0 Å². The normalized spacial score (nSPS) is 11.0. The van der Waals surface area contributed by atoms with Crippen LogP contribution in [0.15, 0.2) is 194 Å². The molecule has 0 saturated heterocycles. The fraction of sp³-hybridized carbons (Fsp3) is 0. The van der Waals surface area contributed by atoms with Gasteiger partial charge in [0, 0.05) is 38.6 Å². The van der Waals surface area contributed by atoms with Gasteiger partial charge in [0.25, 0.3) is 0 Å². The molecule has 0 aliphatic heterocycles. The van der Waals surface area contributed by atoms with Gasteiger partial charge in [-0.1, -0.05) is 91.0 Å². The Balaban J connectivity index is 1.22. The van der Waals surface area contributed by atoms with Crippen LogP contribution in [0, 0.1) is 47.1 Å². The Hall–Kier alpha value is -11.0. The molecule has 9 aromatic carbocycles. The molecule has 0 bridgehead atoms. The van der Waals surface area contributed by atoms with Gasteiger partial charge in [0.05, 0.1) is 81.5 Å². The maximum atomic E-state index is 10.1. The van der Waals surface area contributed by atoms with Gasteiger partial charge >= 0.3 is 0 Å².